The van der Waals surface area contributed by atoms with Gasteiger partial charge in [-0.1, -0.05) is 44.2 Å². The molecule has 26 heavy (non-hydrogen) atoms. The van der Waals surface area contributed by atoms with Crippen LogP contribution in [-0.2, 0) is 20.8 Å². The lowest BCUT2D eigenvalue weighted by Crippen LogP contribution is -2.52. The maximum Gasteiger partial charge on any atom is 0.326 e. The first-order chi connectivity index (χ1) is 12.3. The summed E-state index contributed by atoms with van der Waals surface area (Å²) in [5.74, 6) is -1.29. The zero-order valence-electron chi connectivity index (χ0n) is 15.3. The van der Waals surface area contributed by atoms with Crippen molar-refractivity contribution in [3.63, 3.8) is 0 Å². The first-order valence-electron chi connectivity index (χ1n) is 8.80. The Morgan fingerprint density at radius 3 is 2.27 bits per heavy atom. The fourth-order valence-corrected chi connectivity index (χ4v) is 2.79. The van der Waals surface area contributed by atoms with Crippen LogP contribution in [0.4, 0.5) is 0 Å². The van der Waals surface area contributed by atoms with Gasteiger partial charge < -0.3 is 15.7 Å². The first kappa shape index (κ1) is 22.0. The van der Waals surface area contributed by atoms with Gasteiger partial charge in [-0.25, -0.2) is 4.79 Å². The molecule has 0 radical (unpaired) electrons. The molecule has 1 aromatic rings. The Morgan fingerprint density at radius 1 is 1.08 bits per heavy atom. The van der Waals surface area contributed by atoms with Crippen molar-refractivity contribution in [1.82, 2.24) is 10.6 Å². The van der Waals surface area contributed by atoms with Gasteiger partial charge in [0.2, 0.25) is 11.8 Å². The Balaban J connectivity index is 2.65. The van der Waals surface area contributed by atoms with Crippen LogP contribution in [0.2, 0.25) is 0 Å². The number of rotatable bonds is 11. The number of aliphatic carboxylic acids is 1. The van der Waals surface area contributed by atoms with Crippen LogP contribution in [0.3, 0.4) is 0 Å². The van der Waals surface area contributed by atoms with Crippen LogP contribution >= 0.6 is 12.6 Å². The van der Waals surface area contributed by atoms with Gasteiger partial charge in [-0.15, -0.1) is 0 Å². The second-order valence-electron chi connectivity index (χ2n) is 6.65. The predicted molar refractivity (Wildman–Crippen MR) is 104 cm³/mol. The Labute approximate surface area is 160 Å². The molecule has 0 aliphatic heterocycles. The van der Waals surface area contributed by atoms with E-state index in [0.29, 0.717) is 18.6 Å². The van der Waals surface area contributed by atoms with E-state index < -0.39 is 24.0 Å². The highest BCUT2D eigenvalue weighted by atomic mass is 32.1. The van der Waals surface area contributed by atoms with Gasteiger partial charge in [0.05, 0.1) is 0 Å². The molecule has 6 nitrogen and oxygen atoms in total. The zero-order valence-corrected chi connectivity index (χ0v) is 16.2. The van der Waals surface area contributed by atoms with E-state index in [9.17, 15) is 19.5 Å². The number of carboxylic acid groups (broad SMARTS) is 1. The standard InChI is InChI=1S/C19H28N2O4S/c1-13(2)12-16(18(23)21-15(10-11-26)19(24)25)20-17(22)9-8-14-6-4-3-5-7-14/h3-7,13,15-16,26H,8-12H2,1-2H3,(H,20,22)(H,21,23)(H,24,25)/t15-,16-/m0/s1. The highest BCUT2D eigenvalue weighted by molar-refractivity contribution is 7.80. The number of thiol groups is 1. The van der Waals surface area contributed by atoms with E-state index in [1.54, 1.807) is 0 Å². The molecule has 0 bridgehead atoms. The smallest absolute Gasteiger partial charge is 0.326 e. The van der Waals surface area contributed by atoms with E-state index in [-0.39, 0.29) is 24.7 Å². The molecule has 0 aliphatic rings. The third-order valence-corrected chi connectivity index (χ3v) is 4.13. The van der Waals surface area contributed by atoms with Gasteiger partial charge in [0.15, 0.2) is 0 Å². The van der Waals surface area contributed by atoms with Gasteiger partial charge in [-0.3, -0.25) is 9.59 Å². The van der Waals surface area contributed by atoms with Gasteiger partial charge in [-0.05, 0) is 36.5 Å². The molecule has 0 fully saturated rings. The van der Waals surface area contributed by atoms with Crippen molar-refractivity contribution < 1.29 is 19.5 Å². The number of nitrogens with one attached hydrogen (secondary N) is 2. The molecule has 0 aliphatic carbocycles. The Kier molecular flexibility index (Phi) is 9.80. The molecule has 0 unspecified atom stereocenters. The SMILES string of the molecule is CC(C)C[C@H](NC(=O)CCc1ccccc1)C(=O)N[C@@H](CCS)C(=O)O. The minimum atomic E-state index is -1.11. The van der Waals surface area contributed by atoms with E-state index in [1.807, 2.05) is 44.2 Å². The molecule has 0 spiro atoms. The summed E-state index contributed by atoms with van der Waals surface area (Å²) < 4.78 is 0. The lowest BCUT2D eigenvalue weighted by molar-refractivity contribution is -0.142. The van der Waals surface area contributed by atoms with E-state index in [0.717, 1.165) is 5.56 Å². The van der Waals surface area contributed by atoms with Crippen molar-refractivity contribution in [1.29, 1.82) is 0 Å². The van der Waals surface area contributed by atoms with Crippen LogP contribution in [0.25, 0.3) is 0 Å². The van der Waals surface area contributed by atoms with Gasteiger partial charge in [-0.2, -0.15) is 12.6 Å². The van der Waals surface area contributed by atoms with Crippen LogP contribution in [0.1, 0.15) is 38.7 Å². The van der Waals surface area contributed by atoms with Gasteiger partial charge >= 0.3 is 5.97 Å². The van der Waals surface area contributed by atoms with Crippen molar-refractivity contribution in [3.05, 3.63) is 35.9 Å². The summed E-state index contributed by atoms with van der Waals surface area (Å²) in [6, 6.07) is 7.87. The van der Waals surface area contributed by atoms with Crippen LogP contribution in [-0.4, -0.2) is 40.7 Å². The molecule has 144 valence electrons. The summed E-state index contributed by atoms with van der Waals surface area (Å²) in [6.45, 7) is 3.89. The lowest BCUT2D eigenvalue weighted by Gasteiger charge is -2.22. The molecule has 0 saturated heterocycles. The zero-order chi connectivity index (χ0) is 19.5. The van der Waals surface area contributed by atoms with Crippen molar-refractivity contribution >= 4 is 30.4 Å². The Morgan fingerprint density at radius 2 is 1.73 bits per heavy atom. The first-order valence-corrected chi connectivity index (χ1v) is 9.44. The highest BCUT2D eigenvalue weighted by Gasteiger charge is 2.26. The summed E-state index contributed by atoms with van der Waals surface area (Å²) >= 11 is 4.02. The van der Waals surface area contributed by atoms with Crippen LogP contribution in [0.15, 0.2) is 30.3 Å². The number of hydrogen-bond donors (Lipinski definition) is 4. The topological polar surface area (TPSA) is 95.5 Å². The maximum absolute atomic E-state index is 12.5. The summed E-state index contributed by atoms with van der Waals surface area (Å²) in [5, 5.41) is 14.4. The number of carbonyl (C=O) groups is 3. The molecule has 7 heteroatoms. The molecule has 2 atom stereocenters. The average Bonchev–Trinajstić information content (AvgIpc) is 2.59. The number of aryl methyl sites for hydroxylation is 1. The monoisotopic (exact) mass is 380 g/mol. The highest BCUT2D eigenvalue weighted by Crippen LogP contribution is 2.08. The fourth-order valence-electron chi connectivity index (χ4n) is 2.53. The van der Waals surface area contributed by atoms with Crippen molar-refractivity contribution in [2.75, 3.05) is 5.75 Å². The maximum atomic E-state index is 12.5. The number of amides is 2. The van der Waals surface area contributed by atoms with E-state index in [4.69, 9.17) is 0 Å². The average molecular weight is 381 g/mol. The molecule has 3 N–H and O–H groups in total. The van der Waals surface area contributed by atoms with Crippen LogP contribution < -0.4 is 10.6 Å². The van der Waals surface area contributed by atoms with Gasteiger partial charge in [0.25, 0.3) is 0 Å². The lowest BCUT2D eigenvalue weighted by atomic mass is 10.0. The molecular formula is C19H28N2O4S. The molecule has 2 amide bonds. The van der Waals surface area contributed by atoms with Crippen molar-refractivity contribution in [2.24, 2.45) is 5.92 Å². The van der Waals surface area contributed by atoms with Crippen LogP contribution in [0, 0.1) is 5.92 Å². The minimum Gasteiger partial charge on any atom is -0.480 e. The molecule has 1 aromatic carbocycles. The second-order valence-corrected chi connectivity index (χ2v) is 7.09. The van der Waals surface area contributed by atoms with Gasteiger partial charge in [0.1, 0.15) is 12.1 Å². The van der Waals surface area contributed by atoms with Crippen molar-refractivity contribution in [3.8, 4) is 0 Å². The molecular weight excluding hydrogens is 352 g/mol. The predicted octanol–water partition coefficient (Wildman–Crippen LogP) is 2.04. The second kappa shape index (κ2) is 11.6. The molecule has 0 aromatic heterocycles. The largest absolute Gasteiger partial charge is 0.480 e. The number of carbonyl (C=O) groups excluding carboxylic acids is 2. The third kappa shape index (κ3) is 8.38. The summed E-state index contributed by atoms with van der Waals surface area (Å²) in [6.07, 6.45) is 1.52. The fraction of sp³-hybridized carbons (Fsp3) is 0.526. The summed E-state index contributed by atoms with van der Waals surface area (Å²) in [5.41, 5.74) is 1.05. The van der Waals surface area contributed by atoms with Crippen LogP contribution in [0.5, 0.6) is 0 Å². The molecule has 1 rings (SSSR count). The molecule has 0 saturated carbocycles. The normalized spacial score (nSPS) is 13.1. The number of benzene rings is 1. The number of carboxylic acids is 1. The van der Waals surface area contributed by atoms with Gasteiger partial charge in [0, 0.05) is 6.42 Å². The van der Waals surface area contributed by atoms with E-state index in [1.165, 1.54) is 0 Å². The quantitative estimate of drug-likeness (QED) is 0.442. The van der Waals surface area contributed by atoms with E-state index >= 15 is 0 Å². The summed E-state index contributed by atoms with van der Waals surface area (Å²) in [7, 11) is 0. The third-order valence-electron chi connectivity index (χ3n) is 3.87. The Bertz CT molecular complexity index is 592. The number of hydrogen-bond acceptors (Lipinski definition) is 4. The van der Waals surface area contributed by atoms with Crippen molar-refractivity contribution in [2.45, 2.75) is 51.6 Å². The Hall–Kier alpha value is -2.02. The van der Waals surface area contributed by atoms with E-state index in [2.05, 4.69) is 23.3 Å². The minimum absolute atomic E-state index is 0.174. The molecule has 0 heterocycles. The summed E-state index contributed by atoms with van der Waals surface area (Å²) in [4.78, 5) is 35.9.